The van der Waals surface area contributed by atoms with Gasteiger partial charge in [0.2, 0.25) is 0 Å². The number of nitrogens with zero attached hydrogens (tertiary/aromatic N) is 5. The van der Waals surface area contributed by atoms with Gasteiger partial charge in [0.1, 0.15) is 11.8 Å². The molecule has 0 aliphatic heterocycles. The lowest BCUT2D eigenvalue weighted by atomic mass is 10.1. The zero-order valence-electron chi connectivity index (χ0n) is 17.0. The summed E-state index contributed by atoms with van der Waals surface area (Å²) in [6.07, 6.45) is 0. The van der Waals surface area contributed by atoms with Crippen LogP contribution in [-0.2, 0) is 0 Å². The van der Waals surface area contributed by atoms with Crippen LogP contribution in [0.15, 0.2) is 52.7 Å². The number of benzene rings is 2. The Balaban J connectivity index is 0.00000420. The molecule has 0 radical (unpaired) electrons. The first-order chi connectivity index (χ1) is 13.2. The van der Waals surface area contributed by atoms with E-state index in [0.717, 1.165) is 23.1 Å². The molecule has 2 aromatic carbocycles. The van der Waals surface area contributed by atoms with E-state index < -0.39 is 4.92 Å². The molecule has 1 unspecified atom stereocenters. The van der Waals surface area contributed by atoms with Crippen LogP contribution in [0.5, 0.6) is 0 Å². The van der Waals surface area contributed by atoms with E-state index in [4.69, 9.17) is 5.26 Å². The first-order valence-electron chi connectivity index (χ1n) is 8.94. The van der Waals surface area contributed by atoms with Gasteiger partial charge in [-0.3, -0.25) is 10.1 Å². The summed E-state index contributed by atoms with van der Waals surface area (Å²) in [7, 11) is 6.48. The van der Waals surface area contributed by atoms with Gasteiger partial charge in [0.25, 0.3) is 5.69 Å². The van der Waals surface area contributed by atoms with Crippen LogP contribution in [0.1, 0.15) is 24.1 Å². The number of likely N-dealkylation sites (N-methyl/N-ethyl adjacent to an activating group) is 1. The van der Waals surface area contributed by atoms with Crippen molar-refractivity contribution in [3.8, 4) is 6.07 Å². The maximum absolute atomic E-state index is 10.8. The van der Waals surface area contributed by atoms with Crippen molar-refractivity contribution in [2.45, 2.75) is 13.0 Å². The Kier molecular flexibility index (Phi) is 8.85. The number of rotatable bonds is 8. The molecular formula is C20H25ClN6O2. The Morgan fingerprint density at radius 1 is 1.17 bits per heavy atom. The third kappa shape index (κ3) is 7.58. The summed E-state index contributed by atoms with van der Waals surface area (Å²) in [5.74, 6) is 0. The maximum Gasteiger partial charge on any atom is 0.270 e. The van der Waals surface area contributed by atoms with Gasteiger partial charge in [0.05, 0.1) is 43.9 Å². The highest BCUT2D eigenvalue weighted by Gasteiger charge is 2.11. The van der Waals surface area contributed by atoms with Gasteiger partial charge in [-0.2, -0.15) is 10.4 Å². The number of nitriles is 1. The van der Waals surface area contributed by atoms with Gasteiger partial charge in [-0.25, -0.2) is 0 Å². The smallest absolute Gasteiger partial charge is 0.270 e. The van der Waals surface area contributed by atoms with Crippen molar-refractivity contribution in [1.82, 2.24) is 5.32 Å². The molecule has 0 amide bonds. The van der Waals surface area contributed by atoms with Crippen LogP contribution in [0.4, 0.5) is 17.1 Å². The molecule has 0 saturated carbocycles. The summed E-state index contributed by atoms with van der Waals surface area (Å²) in [6, 6.07) is 13.7. The zero-order chi connectivity index (χ0) is 20.7. The Bertz CT molecular complexity index is 901. The Morgan fingerprint density at radius 3 is 2.38 bits per heavy atom. The highest BCUT2D eigenvalue weighted by Crippen LogP contribution is 2.26. The first-order valence-corrected chi connectivity index (χ1v) is 8.94. The van der Waals surface area contributed by atoms with Crippen molar-refractivity contribution < 1.29 is 21.8 Å². The van der Waals surface area contributed by atoms with E-state index in [9.17, 15) is 10.1 Å². The van der Waals surface area contributed by atoms with Gasteiger partial charge in [-0.15, -0.1) is 5.11 Å². The molecule has 9 heteroatoms. The second kappa shape index (κ2) is 10.6. The SMILES string of the molecule is CC(NCC[N+](C)(C)C)c1ccc(N=Nc2ccc([N+](=O)[O-])cc2C#N)cc1.[Cl-]. The van der Waals surface area contributed by atoms with Gasteiger partial charge in [0, 0.05) is 24.7 Å². The Hall–Kier alpha value is -2.86. The zero-order valence-corrected chi connectivity index (χ0v) is 17.7. The van der Waals surface area contributed by atoms with Gasteiger partial charge in [0.15, 0.2) is 0 Å². The van der Waals surface area contributed by atoms with Crippen LogP contribution in [0.25, 0.3) is 0 Å². The minimum Gasteiger partial charge on any atom is -1.00 e. The number of quaternary nitrogens is 1. The van der Waals surface area contributed by atoms with Crippen molar-refractivity contribution in [2.24, 2.45) is 10.2 Å². The van der Waals surface area contributed by atoms with Crippen LogP contribution < -0.4 is 17.7 Å². The molecule has 0 fully saturated rings. The second-order valence-electron chi connectivity index (χ2n) is 7.55. The first kappa shape index (κ1) is 24.2. The molecule has 0 aliphatic carbocycles. The van der Waals surface area contributed by atoms with Gasteiger partial charge in [-0.05, 0) is 30.7 Å². The fourth-order valence-electron chi connectivity index (χ4n) is 2.49. The van der Waals surface area contributed by atoms with E-state index >= 15 is 0 Å². The normalized spacial score (nSPS) is 12.2. The van der Waals surface area contributed by atoms with E-state index in [-0.39, 0.29) is 29.7 Å². The summed E-state index contributed by atoms with van der Waals surface area (Å²) in [6.45, 7) is 4.07. The molecule has 1 N–H and O–H groups in total. The number of hydrogen-bond acceptors (Lipinski definition) is 6. The lowest BCUT2D eigenvalue weighted by Gasteiger charge is -2.25. The third-order valence-corrected chi connectivity index (χ3v) is 4.21. The van der Waals surface area contributed by atoms with E-state index in [2.05, 4.69) is 43.6 Å². The van der Waals surface area contributed by atoms with Crippen LogP contribution in [0, 0.1) is 21.4 Å². The topological polar surface area (TPSA) is 104 Å². The number of hydrogen-bond donors (Lipinski definition) is 1. The van der Waals surface area contributed by atoms with Crippen molar-refractivity contribution >= 4 is 17.1 Å². The summed E-state index contributed by atoms with van der Waals surface area (Å²) in [5, 5.41) is 31.7. The molecule has 0 aliphatic rings. The molecule has 0 spiro atoms. The average Bonchev–Trinajstić information content (AvgIpc) is 2.65. The molecule has 2 rings (SSSR count). The lowest BCUT2D eigenvalue weighted by molar-refractivity contribution is -0.869. The Labute approximate surface area is 177 Å². The number of non-ortho nitro benzene ring substituents is 1. The van der Waals surface area contributed by atoms with Crippen LogP contribution in [0.2, 0.25) is 0 Å². The molecule has 0 saturated heterocycles. The summed E-state index contributed by atoms with van der Waals surface area (Å²) in [5.41, 5.74) is 2.06. The molecule has 0 bridgehead atoms. The van der Waals surface area contributed by atoms with Gasteiger partial charge >= 0.3 is 0 Å². The minimum absolute atomic E-state index is 0. The van der Waals surface area contributed by atoms with Crippen LogP contribution in [0.3, 0.4) is 0 Å². The highest BCUT2D eigenvalue weighted by molar-refractivity contribution is 5.58. The molecule has 0 aromatic heterocycles. The summed E-state index contributed by atoms with van der Waals surface area (Å²) < 4.78 is 0.909. The molecule has 2 aromatic rings. The summed E-state index contributed by atoms with van der Waals surface area (Å²) >= 11 is 0. The average molecular weight is 417 g/mol. The van der Waals surface area contributed by atoms with Crippen molar-refractivity contribution in [1.29, 1.82) is 5.26 Å². The van der Waals surface area contributed by atoms with Crippen molar-refractivity contribution in [3.63, 3.8) is 0 Å². The fraction of sp³-hybridized carbons (Fsp3) is 0.350. The minimum atomic E-state index is -0.545. The maximum atomic E-state index is 10.8. The number of nitro groups is 1. The number of halogens is 1. The van der Waals surface area contributed by atoms with Gasteiger partial charge < -0.3 is 22.2 Å². The van der Waals surface area contributed by atoms with E-state index in [1.807, 2.05) is 30.3 Å². The predicted octanol–water partition coefficient (Wildman–Crippen LogP) is 1.24. The van der Waals surface area contributed by atoms with Crippen molar-refractivity contribution in [3.05, 3.63) is 63.7 Å². The van der Waals surface area contributed by atoms with Crippen LogP contribution in [-0.4, -0.2) is 43.6 Å². The van der Waals surface area contributed by atoms with Crippen molar-refractivity contribution in [2.75, 3.05) is 34.2 Å². The largest absolute Gasteiger partial charge is 1.00 e. The second-order valence-corrected chi connectivity index (χ2v) is 7.55. The molecule has 154 valence electrons. The number of nitro benzene ring substituents is 1. The predicted molar refractivity (Wildman–Crippen MR) is 108 cm³/mol. The lowest BCUT2D eigenvalue weighted by Crippen LogP contribution is -3.00. The monoisotopic (exact) mass is 416 g/mol. The molecule has 0 heterocycles. The van der Waals surface area contributed by atoms with E-state index in [1.165, 1.54) is 18.2 Å². The third-order valence-electron chi connectivity index (χ3n) is 4.21. The van der Waals surface area contributed by atoms with E-state index in [1.54, 1.807) is 0 Å². The fourth-order valence-corrected chi connectivity index (χ4v) is 2.49. The Morgan fingerprint density at radius 2 is 1.83 bits per heavy atom. The molecule has 29 heavy (non-hydrogen) atoms. The van der Waals surface area contributed by atoms with Gasteiger partial charge in [-0.1, -0.05) is 12.1 Å². The molecule has 1 atom stereocenters. The van der Waals surface area contributed by atoms with Crippen LogP contribution >= 0.6 is 0 Å². The highest BCUT2D eigenvalue weighted by atomic mass is 35.5. The number of nitrogens with one attached hydrogen (secondary N) is 1. The number of azo groups is 1. The molecule has 8 nitrogen and oxygen atoms in total. The standard InChI is InChI=1S/C20H25N6O2.ClH/c1-15(22-11-12-26(2,3)4)16-5-7-18(8-6-16)23-24-20-10-9-19(25(27)28)13-17(20)14-21;/h5-10,13,15,22H,11-12H2,1-4H3;1H/q+1;/p-1. The molecular weight excluding hydrogens is 392 g/mol. The quantitative estimate of drug-likeness (QED) is 0.302. The summed E-state index contributed by atoms with van der Waals surface area (Å²) in [4.78, 5) is 10.3. The van der Waals surface area contributed by atoms with E-state index in [0.29, 0.717) is 11.4 Å².